The lowest BCUT2D eigenvalue weighted by atomic mass is 9.97. The Labute approximate surface area is 238 Å². The number of β-amino-alcohol motifs (C(OH)–C–C–N with tert-alkyl or cyclic N) is 1. The maximum Gasteiger partial charge on any atom is 0.272 e. The zero-order valence-electron chi connectivity index (χ0n) is 21.6. The number of hydrogen-bond acceptors (Lipinski definition) is 9. The number of allylic oxidation sites excluding steroid dienone is 2. The van der Waals surface area contributed by atoms with E-state index in [-0.39, 0.29) is 23.3 Å². The Balaban J connectivity index is 1.16. The van der Waals surface area contributed by atoms with Gasteiger partial charge in [-0.15, -0.1) is 0 Å². The monoisotopic (exact) mass is 589 g/mol. The summed E-state index contributed by atoms with van der Waals surface area (Å²) in [6, 6.07) is 6.71. The molecule has 1 unspecified atom stereocenters. The fourth-order valence-electron chi connectivity index (χ4n) is 5.32. The van der Waals surface area contributed by atoms with Crippen LogP contribution in [0.2, 0.25) is 5.02 Å². The van der Waals surface area contributed by atoms with Gasteiger partial charge in [0.2, 0.25) is 0 Å². The summed E-state index contributed by atoms with van der Waals surface area (Å²) in [5.74, 6) is -0.206. The highest BCUT2D eigenvalue weighted by Crippen LogP contribution is 2.38. The number of aliphatic hydroxyl groups excluding tert-OH is 1. The molecule has 14 heteroatoms. The quantitative estimate of drug-likeness (QED) is 0.332. The summed E-state index contributed by atoms with van der Waals surface area (Å²) in [5.41, 5.74) is 13.0. The van der Waals surface area contributed by atoms with E-state index in [0.717, 1.165) is 28.5 Å². The summed E-state index contributed by atoms with van der Waals surface area (Å²) in [6.45, 7) is 0.609. The smallest absolute Gasteiger partial charge is 0.272 e. The van der Waals surface area contributed by atoms with Crippen molar-refractivity contribution < 1.29 is 27.8 Å². The molecule has 0 spiro atoms. The van der Waals surface area contributed by atoms with Crippen LogP contribution in [0, 0.1) is 5.82 Å². The summed E-state index contributed by atoms with van der Waals surface area (Å²) in [4.78, 5) is 19.2. The highest BCUT2D eigenvalue weighted by Gasteiger charge is 2.38. The fourth-order valence-corrected chi connectivity index (χ4v) is 5.53. The molecule has 2 fully saturated rings. The van der Waals surface area contributed by atoms with Gasteiger partial charge in [0.25, 0.3) is 12.3 Å². The second-order valence-corrected chi connectivity index (χ2v) is 10.4. The Morgan fingerprint density at radius 3 is 2.90 bits per heavy atom. The number of aromatic nitrogens is 1. The number of amides is 1. The zero-order chi connectivity index (χ0) is 28.7. The van der Waals surface area contributed by atoms with E-state index in [4.69, 9.17) is 16.3 Å². The van der Waals surface area contributed by atoms with Crippen molar-refractivity contribution in [1.29, 1.82) is 0 Å². The standard InChI is InChI=1S/C27H27ClF3N7O3/c28-20-3-2-15(29)7-18(20)27(40)34-21-5-6-37(12-22(21)39)24-4-1-14(9-32-24)17-8-16(41-13-23(30)31)11-38-25(17)19-10-33-35-26(19)36-38/h1-4,7-9,11,21-23,26,33,35-36,39H,5-6,10,12-13H2,(H,34,40)/t21-,22+,26?/m0/s1. The molecule has 0 radical (unpaired) electrons. The van der Waals surface area contributed by atoms with E-state index in [1.807, 2.05) is 17.0 Å². The summed E-state index contributed by atoms with van der Waals surface area (Å²) in [7, 11) is 0. The van der Waals surface area contributed by atoms with Crippen molar-refractivity contribution in [2.24, 2.45) is 0 Å². The van der Waals surface area contributed by atoms with E-state index in [0.29, 0.717) is 31.1 Å². The number of nitrogens with one attached hydrogen (secondary N) is 4. The van der Waals surface area contributed by atoms with Crippen molar-refractivity contribution in [3.63, 3.8) is 0 Å². The van der Waals surface area contributed by atoms with Gasteiger partial charge in [-0.25, -0.2) is 29.0 Å². The first kappa shape index (κ1) is 27.5. The average molecular weight is 590 g/mol. The molecule has 0 saturated carbocycles. The Hall–Kier alpha value is -3.62. The predicted molar refractivity (Wildman–Crippen MR) is 145 cm³/mol. The van der Waals surface area contributed by atoms with Gasteiger partial charge in [-0.1, -0.05) is 11.6 Å². The second-order valence-electron chi connectivity index (χ2n) is 10.0. The van der Waals surface area contributed by atoms with Crippen molar-refractivity contribution in [3.8, 4) is 0 Å². The van der Waals surface area contributed by atoms with Crippen molar-refractivity contribution >= 4 is 28.9 Å². The van der Waals surface area contributed by atoms with Crippen molar-refractivity contribution in [3.05, 3.63) is 87.8 Å². The molecule has 1 amide bonds. The van der Waals surface area contributed by atoms with Crippen LogP contribution in [-0.2, 0) is 4.74 Å². The largest absolute Gasteiger partial charge is 0.486 e. The summed E-state index contributed by atoms with van der Waals surface area (Å²) < 4.78 is 44.5. The summed E-state index contributed by atoms with van der Waals surface area (Å²) in [5, 5.41) is 15.4. The number of rotatable bonds is 7. The molecule has 10 nitrogen and oxygen atoms in total. The van der Waals surface area contributed by atoms with E-state index < -0.39 is 36.9 Å². The second kappa shape index (κ2) is 11.3. The maximum atomic E-state index is 13.6. The number of aliphatic hydroxyl groups is 1. The van der Waals surface area contributed by atoms with Crippen molar-refractivity contribution in [2.45, 2.75) is 31.2 Å². The molecule has 2 aromatic rings. The molecule has 5 heterocycles. The number of pyridine rings is 1. The highest BCUT2D eigenvalue weighted by molar-refractivity contribution is 6.33. The predicted octanol–water partition coefficient (Wildman–Crippen LogP) is 2.27. The van der Waals surface area contributed by atoms with Crippen LogP contribution in [-0.4, -0.2) is 72.0 Å². The van der Waals surface area contributed by atoms with Crippen LogP contribution >= 0.6 is 11.6 Å². The van der Waals surface area contributed by atoms with Crippen LogP contribution in [0.5, 0.6) is 0 Å². The van der Waals surface area contributed by atoms with E-state index in [2.05, 4.69) is 26.6 Å². The number of nitrogens with zero attached hydrogens (tertiary/aromatic N) is 3. The molecule has 1 aromatic heterocycles. The molecular formula is C27H27ClF3N7O3. The van der Waals surface area contributed by atoms with Crippen molar-refractivity contribution in [2.75, 3.05) is 31.1 Å². The third-order valence-electron chi connectivity index (χ3n) is 7.32. The van der Waals surface area contributed by atoms with Gasteiger partial charge in [-0.2, -0.15) is 0 Å². The van der Waals surface area contributed by atoms with E-state index in [1.54, 1.807) is 23.5 Å². The van der Waals surface area contributed by atoms with E-state index in [1.165, 1.54) is 12.1 Å². The Bertz CT molecular complexity index is 1440. The number of fused-ring (bicyclic) bond motifs is 2. The molecular weight excluding hydrogens is 563 g/mol. The van der Waals surface area contributed by atoms with Crippen LogP contribution < -0.4 is 26.5 Å². The minimum Gasteiger partial charge on any atom is -0.486 e. The average Bonchev–Trinajstić information content (AvgIpc) is 3.55. The fraction of sp³-hybridized carbons (Fsp3) is 0.333. The summed E-state index contributed by atoms with van der Waals surface area (Å²) >= 11 is 6.04. The van der Waals surface area contributed by atoms with Crippen LogP contribution in [0.15, 0.2) is 65.8 Å². The molecule has 1 aromatic carbocycles. The first-order valence-electron chi connectivity index (χ1n) is 13.0. The van der Waals surface area contributed by atoms with E-state index in [9.17, 15) is 23.1 Å². The third-order valence-corrected chi connectivity index (χ3v) is 7.64. The van der Waals surface area contributed by atoms with Crippen LogP contribution in [0.3, 0.4) is 0 Å². The number of piperidine rings is 1. The Kier molecular flexibility index (Phi) is 7.62. The number of anilines is 1. The molecule has 4 aliphatic heterocycles. The highest BCUT2D eigenvalue weighted by atomic mass is 35.5. The normalized spacial score (nSPS) is 23.8. The third kappa shape index (κ3) is 5.63. The first-order valence-corrected chi connectivity index (χ1v) is 13.4. The molecule has 4 aliphatic rings. The van der Waals surface area contributed by atoms with Crippen LogP contribution in [0.1, 0.15) is 22.3 Å². The number of hydrogen-bond donors (Lipinski definition) is 5. The lowest BCUT2D eigenvalue weighted by Gasteiger charge is -2.37. The number of benzene rings is 1. The topological polar surface area (TPSA) is 114 Å². The number of alkyl halides is 2. The molecule has 5 N–H and O–H groups in total. The van der Waals surface area contributed by atoms with Crippen molar-refractivity contribution in [1.82, 2.24) is 31.6 Å². The SMILES string of the molecule is O=C(N[C@H]1CCN(c2ccc(C3=CC(OCC(F)F)=CN4NC5NNCC5=C34)cn2)C[C@H]1O)c1cc(F)ccc1Cl. The summed E-state index contributed by atoms with van der Waals surface area (Å²) in [6.07, 6.45) is 1.85. The molecule has 6 rings (SSSR count). The number of carbonyl (C=O) groups excluding carboxylic acids is 1. The zero-order valence-corrected chi connectivity index (χ0v) is 22.3. The number of halogens is 4. The van der Waals surface area contributed by atoms with Gasteiger partial charge in [0, 0.05) is 42.5 Å². The number of hydrazine groups is 2. The Morgan fingerprint density at radius 2 is 2.15 bits per heavy atom. The van der Waals surface area contributed by atoms with Crippen LogP contribution in [0.25, 0.3) is 5.57 Å². The lowest BCUT2D eigenvalue weighted by molar-refractivity contribution is 0.0505. The molecule has 2 saturated heterocycles. The van der Waals surface area contributed by atoms with Gasteiger partial charge in [0.05, 0.1) is 34.6 Å². The molecule has 216 valence electrons. The maximum absolute atomic E-state index is 13.6. The van der Waals surface area contributed by atoms with Gasteiger partial charge < -0.3 is 20.1 Å². The van der Waals surface area contributed by atoms with Crippen LogP contribution in [0.4, 0.5) is 19.0 Å². The van der Waals surface area contributed by atoms with Gasteiger partial charge in [0.15, 0.2) is 0 Å². The van der Waals surface area contributed by atoms with Gasteiger partial charge in [-0.3, -0.25) is 15.2 Å². The van der Waals surface area contributed by atoms with E-state index >= 15 is 0 Å². The first-order chi connectivity index (χ1) is 19.8. The number of ether oxygens (including phenoxy) is 1. The molecule has 41 heavy (non-hydrogen) atoms. The molecule has 0 bridgehead atoms. The van der Waals surface area contributed by atoms with Gasteiger partial charge in [-0.05, 0) is 42.8 Å². The Morgan fingerprint density at radius 1 is 1.29 bits per heavy atom. The molecule has 0 aliphatic carbocycles. The van der Waals surface area contributed by atoms with Gasteiger partial charge in [0.1, 0.15) is 30.2 Å². The molecule has 3 atom stereocenters. The number of carbonyl (C=O) groups is 1. The minimum atomic E-state index is -2.60. The minimum absolute atomic E-state index is 0.00993. The van der Waals surface area contributed by atoms with Gasteiger partial charge >= 0.3 is 0 Å². The lowest BCUT2D eigenvalue weighted by Crippen LogP contribution is -2.54.